The molecule has 7 heteroatoms. The van der Waals surface area contributed by atoms with Gasteiger partial charge in [-0.3, -0.25) is 9.79 Å². The van der Waals surface area contributed by atoms with E-state index in [0.29, 0.717) is 30.4 Å². The quantitative estimate of drug-likeness (QED) is 0.379. The van der Waals surface area contributed by atoms with Crippen molar-refractivity contribution in [1.82, 2.24) is 16.0 Å². The highest BCUT2D eigenvalue weighted by atomic mass is 16.5. The second-order valence-corrected chi connectivity index (χ2v) is 6.90. The van der Waals surface area contributed by atoms with Crippen LogP contribution in [0, 0.1) is 0 Å². The van der Waals surface area contributed by atoms with Crippen LogP contribution in [0.25, 0.3) is 0 Å². The van der Waals surface area contributed by atoms with Gasteiger partial charge in [-0.2, -0.15) is 0 Å². The van der Waals surface area contributed by atoms with Gasteiger partial charge in [0.05, 0.1) is 7.11 Å². The van der Waals surface area contributed by atoms with Gasteiger partial charge in [-0.1, -0.05) is 24.3 Å². The number of carbonyl (C=O) groups is 1. The van der Waals surface area contributed by atoms with E-state index < -0.39 is 0 Å². The number of benzene rings is 2. The maximum atomic E-state index is 12.2. The Kier molecular flexibility index (Phi) is 7.33. The Bertz CT molecular complexity index is 825. The molecule has 0 aliphatic carbocycles. The summed E-state index contributed by atoms with van der Waals surface area (Å²) in [4.78, 5) is 18.9. The molecule has 1 aliphatic rings. The monoisotopic (exact) mass is 395 g/mol. The van der Waals surface area contributed by atoms with Gasteiger partial charge in [-0.25, -0.2) is 0 Å². The van der Waals surface area contributed by atoms with E-state index >= 15 is 0 Å². The molecule has 2 aromatic carbocycles. The predicted molar refractivity (Wildman–Crippen MR) is 117 cm³/mol. The van der Waals surface area contributed by atoms with Crippen LogP contribution in [-0.4, -0.2) is 58.2 Å². The molecular formula is C22H29N5O2. The molecular weight excluding hydrogens is 366 g/mol. The molecule has 3 rings (SSSR count). The second-order valence-electron chi connectivity index (χ2n) is 6.90. The molecule has 2 aromatic rings. The maximum absolute atomic E-state index is 12.2. The van der Waals surface area contributed by atoms with Crippen LogP contribution in [0.2, 0.25) is 0 Å². The van der Waals surface area contributed by atoms with Crippen molar-refractivity contribution in [1.29, 1.82) is 0 Å². The number of hydrogen-bond acceptors (Lipinski definition) is 4. The molecule has 154 valence electrons. The number of nitrogens with zero attached hydrogens (tertiary/aromatic N) is 2. The van der Waals surface area contributed by atoms with E-state index in [1.54, 1.807) is 32.4 Å². The summed E-state index contributed by atoms with van der Waals surface area (Å²) in [7, 11) is 3.34. The number of methoxy groups -OCH3 is 1. The number of nitrogens with one attached hydrogen (secondary N) is 3. The molecule has 0 radical (unpaired) electrons. The van der Waals surface area contributed by atoms with Crippen molar-refractivity contribution >= 4 is 17.6 Å². The fourth-order valence-electron chi connectivity index (χ4n) is 3.36. The van der Waals surface area contributed by atoms with Gasteiger partial charge in [0.2, 0.25) is 0 Å². The van der Waals surface area contributed by atoms with Gasteiger partial charge in [0.25, 0.3) is 5.91 Å². The van der Waals surface area contributed by atoms with E-state index in [4.69, 9.17) is 4.74 Å². The normalized spacial score (nSPS) is 16.4. The molecule has 3 N–H and O–H groups in total. The van der Waals surface area contributed by atoms with Crippen molar-refractivity contribution < 1.29 is 9.53 Å². The highest BCUT2D eigenvalue weighted by Gasteiger charge is 2.23. The third-order valence-electron chi connectivity index (χ3n) is 4.91. The van der Waals surface area contributed by atoms with Crippen molar-refractivity contribution in [2.24, 2.45) is 4.99 Å². The molecule has 1 amide bonds. The van der Waals surface area contributed by atoms with Crippen LogP contribution in [0.5, 0.6) is 5.75 Å². The van der Waals surface area contributed by atoms with E-state index in [-0.39, 0.29) is 5.91 Å². The van der Waals surface area contributed by atoms with Crippen molar-refractivity contribution in [2.45, 2.75) is 12.5 Å². The highest BCUT2D eigenvalue weighted by Crippen LogP contribution is 2.19. The lowest BCUT2D eigenvalue weighted by atomic mass is 10.2. The first-order valence-electron chi connectivity index (χ1n) is 9.89. The van der Waals surface area contributed by atoms with Crippen molar-refractivity contribution in [3.05, 3.63) is 60.2 Å². The lowest BCUT2D eigenvalue weighted by Crippen LogP contribution is -2.46. The number of aliphatic imine (C=N–C) groups is 1. The van der Waals surface area contributed by atoms with Gasteiger partial charge < -0.3 is 25.6 Å². The number of carbonyl (C=O) groups excluding carboxylic acids is 1. The van der Waals surface area contributed by atoms with Gasteiger partial charge in [-0.15, -0.1) is 0 Å². The molecule has 0 bridgehead atoms. The predicted octanol–water partition coefficient (Wildman–Crippen LogP) is 1.87. The van der Waals surface area contributed by atoms with Gasteiger partial charge in [-0.05, 0) is 36.8 Å². The average molecular weight is 396 g/mol. The zero-order valence-corrected chi connectivity index (χ0v) is 17.0. The fourth-order valence-corrected chi connectivity index (χ4v) is 3.36. The summed E-state index contributed by atoms with van der Waals surface area (Å²) in [5, 5.41) is 9.63. The number of para-hydroxylation sites is 1. The molecule has 1 atom stereocenters. The highest BCUT2D eigenvalue weighted by molar-refractivity contribution is 5.94. The Hall–Kier alpha value is -3.22. The van der Waals surface area contributed by atoms with Crippen molar-refractivity contribution in [2.75, 3.05) is 45.2 Å². The number of rotatable bonds is 7. The van der Waals surface area contributed by atoms with Crippen LogP contribution < -0.4 is 25.6 Å². The number of ether oxygens (including phenoxy) is 1. The molecule has 0 saturated carbocycles. The summed E-state index contributed by atoms with van der Waals surface area (Å²) in [6.45, 7) is 3.05. The first-order chi connectivity index (χ1) is 14.2. The number of anilines is 1. The Morgan fingerprint density at radius 1 is 1.14 bits per heavy atom. The van der Waals surface area contributed by atoms with Crippen LogP contribution >= 0.6 is 0 Å². The molecule has 0 spiro atoms. The molecule has 1 fully saturated rings. The van der Waals surface area contributed by atoms with Crippen molar-refractivity contribution in [3.63, 3.8) is 0 Å². The van der Waals surface area contributed by atoms with Gasteiger partial charge >= 0.3 is 0 Å². The van der Waals surface area contributed by atoms with Gasteiger partial charge in [0.1, 0.15) is 5.75 Å². The number of guanidine groups is 1. The number of hydrogen-bond donors (Lipinski definition) is 3. The smallest absolute Gasteiger partial charge is 0.251 e. The SMILES string of the molecule is CN=C(NCCNC(=O)c1cccc(OC)c1)NC1CCN(c2ccccc2)C1. The van der Waals surface area contributed by atoms with Gasteiger partial charge in [0, 0.05) is 50.5 Å². The first-order valence-corrected chi connectivity index (χ1v) is 9.89. The zero-order chi connectivity index (χ0) is 20.5. The summed E-state index contributed by atoms with van der Waals surface area (Å²) < 4.78 is 5.16. The van der Waals surface area contributed by atoms with Crippen molar-refractivity contribution in [3.8, 4) is 5.75 Å². The molecule has 7 nitrogen and oxygen atoms in total. The topological polar surface area (TPSA) is 78.0 Å². The lowest BCUT2D eigenvalue weighted by molar-refractivity contribution is 0.0954. The van der Waals surface area contributed by atoms with E-state index in [1.165, 1.54) is 5.69 Å². The third kappa shape index (κ3) is 5.88. The summed E-state index contributed by atoms with van der Waals surface area (Å²) in [5.74, 6) is 1.30. The molecule has 1 unspecified atom stereocenters. The Morgan fingerprint density at radius 3 is 2.69 bits per heavy atom. The largest absolute Gasteiger partial charge is 0.497 e. The Labute approximate surface area is 172 Å². The van der Waals surface area contributed by atoms with Gasteiger partial charge in [0.15, 0.2) is 5.96 Å². The summed E-state index contributed by atoms with van der Waals surface area (Å²) in [6, 6.07) is 17.9. The van der Waals surface area contributed by atoms with Crippen LogP contribution in [0.4, 0.5) is 5.69 Å². The summed E-state index contributed by atoms with van der Waals surface area (Å²) in [6.07, 6.45) is 1.06. The van der Waals surface area contributed by atoms with Crippen LogP contribution in [0.3, 0.4) is 0 Å². The summed E-state index contributed by atoms with van der Waals surface area (Å²) in [5.41, 5.74) is 1.83. The van der Waals surface area contributed by atoms with Crippen LogP contribution in [0.1, 0.15) is 16.8 Å². The molecule has 1 heterocycles. The molecule has 1 saturated heterocycles. The third-order valence-corrected chi connectivity index (χ3v) is 4.91. The molecule has 29 heavy (non-hydrogen) atoms. The van der Waals surface area contributed by atoms with E-state index in [2.05, 4.69) is 50.1 Å². The average Bonchev–Trinajstić information content (AvgIpc) is 3.25. The first kappa shape index (κ1) is 20.5. The standard InChI is InChI=1S/C22H29N5O2/c1-23-22(26-18-11-14-27(16-18)19-8-4-3-5-9-19)25-13-12-24-21(28)17-7-6-10-20(15-17)29-2/h3-10,15,18H,11-14,16H2,1-2H3,(H,24,28)(H2,23,25,26). The maximum Gasteiger partial charge on any atom is 0.251 e. The minimum atomic E-state index is -0.122. The minimum Gasteiger partial charge on any atom is -0.497 e. The zero-order valence-electron chi connectivity index (χ0n) is 17.0. The molecule has 1 aliphatic heterocycles. The van der Waals surface area contributed by atoms with E-state index in [9.17, 15) is 4.79 Å². The fraction of sp³-hybridized carbons (Fsp3) is 0.364. The second kappa shape index (κ2) is 10.4. The van der Waals surface area contributed by atoms with E-state index in [1.807, 2.05) is 12.1 Å². The van der Waals surface area contributed by atoms with Crippen LogP contribution in [-0.2, 0) is 0 Å². The van der Waals surface area contributed by atoms with E-state index in [0.717, 1.165) is 25.5 Å². The lowest BCUT2D eigenvalue weighted by Gasteiger charge is -2.20. The summed E-state index contributed by atoms with van der Waals surface area (Å²) >= 11 is 0. The Balaban J connectivity index is 1.39. The Morgan fingerprint density at radius 2 is 1.93 bits per heavy atom. The minimum absolute atomic E-state index is 0.122. The van der Waals surface area contributed by atoms with Crippen LogP contribution in [0.15, 0.2) is 59.6 Å². The molecule has 0 aromatic heterocycles. The number of amides is 1.